The number of ether oxygens (including phenoxy) is 2. The van der Waals surface area contributed by atoms with Gasteiger partial charge in [-0.05, 0) is 36.8 Å². The largest absolute Gasteiger partial charge is 0.497 e. The summed E-state index contributed by atoms with van der Waals surface area (Å²) in [6, 6.07) is 16.7. The molecule has 1 N–H and O–H groups in total. The molecular formula is C21H23N3O2S. The van der Waals surface area contributed by atoms with E-state index in [0.717, 1.165) is 36.7 Å². The summed E-state index contributed by atoms with van der Waals surface area (Å²) in [7, 11) is 3.45. The Morgan fingerprint density at radius 3 is 2.81 bits per heavy atom. The average molecular weight is 382 g/mol. The molecule has 3 aromatic rings. The molecule has 0 amide bonds. The lowest BCUT2D eigenvalue weighted by Crippen LogP contribution is -2.24. The number of hydrogen-bond acceptors (Lipinski definition) is 5. The van der Waals surface area contributed by atoms with Crippen molar-refractivity contribution in [3.8, 4) is 11.5 Å². The van der Waals surface area contributed by atoms with Gasteiger partial charge in [-0.25, -0.2) is 0 Å². The van der Waals surface area contributed by atoms with Crippen molar-refractivity contribution in [1.82, 2.24) is 10.2 Å². The van der Waals surface area contributed by atoms with Crippen LogP contribution in [-0.4, -0.2) is 31.0 Å². The summed E-state index contributed by atoms with van der Waals surface area (Å²) in [5, 5.41) is 7.48. The lowest BCUT2D eigenvalue weighted by Gasteiger charge is -2.24. The van der Waals surface area contributed by atoms with Gasteiger partial charge in [0.05, 0.1) is 32.1 Å². The number of para-hydroxylation sites is 1. The Kier molecular flexibility index (Phi) is 5.25. The average Bonchev–Trinajstić information content (AvgIpc) is 3.16. The number of thioether (sulfide) groups is 1. The lowest BCUT2D eigenvalue weighted by molar-refractivity contribution is 0.409. The highest BCUT2D eigenvalue weighted by Crippen LogP contribution is 2.48. The van der Waals surface area contributed by atoms with Crippen molar-refractivity contribution in [2.24, 2.45) is 0 Å². The molecule has 0 saturated heterocycles. The van der Waals surface area contributed by atoms with Crippen molar-refractivity contribution < 1.29 is 9.47 Å². The van der Waals surface area contributed by atoms with Crippen LogP contribution < -0.4 is 14.4 Å². The minimum absolute atomic E-state index is 0.318. The van der Waals surface area contributed by atoms with Crippen molar-refractivity contribution in [3.63, 3.8) is 0 Å². The molecular weight excluding hydrogens is 358 g/mol. The first-order valence-electron chi connectivity index (χ1n) is 8.99. The monoisotopic (exact) mass is 381 g/mol. The van der Waals surface area contributed by atoms with E-state index in [9.17, 15) is 0 Å². The number of anilines is 1. The number of fused-ring (bicyclic) bond motifs is 1. The molecule has 0 saturated carbocycles. The van der Waals surface area contributed by atoms with E-state index in [0.29, 0.717) is 5.25 Å². The molecule has 0 fully saturated rings. The molecule has 2 heterocycles. The van der Waals surface area contributed by atoms with E-state index in [1.54, 1.807) is 20.4 Å². The van der Waals surface area contributed by atoms with E-state index in [4.69, 9.17) is 9.47 Å². The van der Waals surface area contributed by atoms with Crippen molar-refractivity contribution in [2.75, 3.05) is 25.7 Å². The maximum absolute atomic E-state index is 5.62. The van der Waals surface area contributed by atoms with Gasteiger partial charge in [0.15, 0.2) is 0 Å². The molecule has 1 aromatic heterocycles. The first kappa shape index (κ1) is 17.8. The fourth-order valence-corrected chi connectivity index (χ4v) is 4.83. The number of aromatic nitrogens is 2. The molecule has 1 atom stereocenters. The van der Waals surface area contributed by atoms with Gasteiger partial charge < -0.3 is 14.4 Å². The summed E-state index contributed by atoms with van der Waals surface area (Å²) < 4.78 is 11.1. The second-order valence-electron chi connectivity index (χ2n) is 6.47. The van der Waals surface area contributed by atoms with Gasteiger partial charge >= 0.3 is 0 Å². The summed E-state index contributed by atoms with van der Waals surface area (Å²) in [6.45, 7) is 1.76. The molecule has 27 heavy (non-hydrogen) atoms. The van der Waals surface area contributed by atoms with Crippen LogP contribution in [0.3, 0.4) is 0 Å². The second kappa shape index (κ2) is 7.96. The Morgan fingerprint density at radius 1 is 1.15 bits per heavy atom. The summed E-state index contributed by atoms with van der Waals surface area (Å²) >= 11 is 1.88. The zero-order valence-electron chi connectivity index (χ0n) is 15.5. The Bertz CT molecular complexity index is 898. The van der Waals surface area contributed by atoms with E-state index in [1.165, 1.54) is 16.1 Å². The number of H-pyrrole nitrogens is 1. The minimum Gasteiger partial charge on any atom is -0.497 e. The van der Waals surface area contributed by atoms with Gasteiger partial charge in [0.1, 0.15) is 11.5 Å². The van der Waals surface area contributed by atoms with Crippen LogP contribution >= 0.6 is 11.8 Å². The standard InChI is InChI=1S/C21H23N3O2S/c1-25-16-7-8-18-21(13-16)27-20(17-5-3-4-6-19(17)26-2)10-12-24(18)14-15-9-11-22-23-15/h3-9,11,13,20H,10,12,14H2,1-2H3,(H,22,23). The fourth-order valence-electron chi connectivity index (χ4n) is 3.48. The molecule has 1 aliphatic heterocycles. The van der Waals surface area contributed by atoms with Gasteiger partial charge in [-0.15, -0.1) is 11.8 Å². The highest BCUT2D eigenvalue weighted by molar-refractivity contribution is 7.99. The number of benzene rings is 2. The van der Waals surface area contributed by atoms with Crippen molar-refractivity contribution >= 4 is 17.4 Å². The maximum atomic E-state index is 5.62. The molecule has 140 valence electrons. The van der Waals surface area contributed by atoms with E-state index in [2.05, 4.69) is 39.4 Å². The van der Waals surface area contributed by atoms with Crippen molar-refractivity contribution in [3.05, 3.63) is 66.0 Å². The van der Waals surface area contributed by atoms with Crippen LogP contribution in [0.1, 0.15) is 22.9 Å². The van der Waals surface area contributed by atoms with Crippen LogP contribution in [0.4, 0.5) is 5.69 Å². The third-order valence-electron chi connectivity index (χ3n) is 4.84. The fraction of sp³-hybridized carbons (Fsp3) is 0.286. The van der Waals surface area contributed by atoms with E-state index >= 15 is 0 Å². The topological polar surface area (TPSA) is 50.4 Å². The van der Waals surface area contributed by atoms with Crippen LogP contribution in [-0.2, 0) is 6.54 Å². The van der Waals surface area contributed by atoms with E-state index in [-0.39, 0.29) is 0 Å². The van der Waals surface area contributed by atoms with Crippen molar-refractivity contribution in [1.29, 1.82) is 0 Å². The molecule has 0 radical (unpaired) electrons. The zero-order valence-corrected chi connectivity index (χ0v) is 16.3. The molecule has 0 aliphatic carbocycles. The predicted molar refractivity (Wildman–Crippen MR) is 109 cm³/mol. The van der Waals surface area contributed by atoms with Crippen LogP contribution in [0.2, 0.25) is 0 Å². The minimum atomic E-state index is 0.318. The predicted octanol–water partition coefficient (Wildman–Crippen LogP) is 4.67. The highest BCUT2D eigenvalue weighted by Gasteiger charge is 2.26. The molecule has 1 unspecified atom stereocenters. The number of rotatable bonds is 5. The number of hydrogen-bond donors (Lipinski definition) is 1. The normalized spacial score (nSPS) is 16.5. The number of aromatic amines is 1. The van der Waals surface area contributed by atoms with Gasteiger partial charge in [0, 0.05) is 28.5 Å². The Morgan fingerprint density at radius 2 is 2.04 bits per heavy atom. The number of methoxy groups -OCH3 is 2. The van der Waals surface area contributed by atoms with Crippen LogP contribution in [0.25, 0.3) is 0 Å². The number of nitrogens with one attached hydrogen (secondary N) is 1. The van der Waals surface area contributed by atoms with E-state index < -0.39 is 0 Å². The smallest absolute Gasteiger partial charge is 0.123 e. The summed E-state index contributed by atoms with van der Waals surface area (Å²) in [6.07, 6.45) is 2.82. The van der Waals surface area contributed by atoms with E-state index in [1.807, 2.05) is 36.0 Å². The quantitative estimate of drug-likeness (QED) is 0.696. The first-order chi connectivity index (χ1) is 13.3. The highest BCUT2D eigenvalue weighted by atomic mass is 32.2. The molecule has 4 rings (SSSR count). The summed E-state index contributed by atoms with van der Waals surface area (Å²) in [4.78, 5) is 3.63. The van der Waals surface area contributed by atoms with Crippen molar-refractivity contribution in [2.45, 2.75) is 23.1 Å². The van der Waals surface area contributed by atoms with Crippen LogP contribution in [0.15, 0.2) is 59.6 Å². The van der Waals surface area contributed by atoms with Gasteiger partial charge in [0.2, 0.25) is 0 Å². The zero-order chi connectivity index (χ0) is 18.6. The number of nitrogens with zero attached hydrogens (tertiary/aromatic N) is 2. The van der Waals surface area contributed by atoms with Gasteiger partial charge in [-0.2, -0.15) is 5.10 Å². The SMILES string of the molecule is COc1ccc2c(c1)SC(c1ccccc1OC)CCN2Cc1ccn[nH]1. The maximum Gasteiger partial charge on any atom is 0.123 e. The van der Waals surface area contributed by atoms with Crippen LogP contribution in [0, 0.1) is 0 Å². The van der Waals surface area contributed by atoms with Gasteiger partial charge in [-0.3, -0.25) is 5.10 Å². The molecule has 2 aromatic carbocycles. The Labute approximate surface area is 163 Å². The lowest BCUT2D eigenvalue weighted by atomic mass is 10.1. The van der Waals surface area contributed by atoms with Crippen LogP contribution in [0.5, 0.6) is 11.5 Å². The molecule has 5 nitrogen and oxygen atoms in total. The molecule has 0 bridgehead atoms. The Hall–Kier alpha value is -2.60. The second-order valence-corrected chi connectivity index (χ2v) is 7.72. The molecule has 1 aliphatic rings. The third-order valence-corrected chi connectivity index (χ3v) is 6.20. The molecule has 6 heteroatoms. The third kappa shape index (κ3) is 3.76. The van der Waals surface area contributed by atoms with Gasteiger partial charge in [0.25, 0.3) is 0 Å². The van der Waals surface area contributed by atoms with Gasteiger partial charge in [-0.1, -0.05) is 18.2 Å². The summed E-state index contributed by atoms with van der Waals surface area (Å²) in [5.74, 6) is 1.82. The first-order valence-corrected chi connectivity index (χ1v) is 9.87. The summed E-state index contributed by atoms with van der Waals surface area (Å²) in [5.41, 5.74) is 3.58. The molecule has 0 spiro atoms. The Balaban J connectivity index is 1.70.